The molecule has 0 aromatic heterocycles. The van der Waals surface area contributed by atoms with Crippen molar-refractivity contribution in [1.82, 2.24) is 0 Å². The van der Waals surface area contributed by atoms with Gasteiger partial charge in [0.25, 0.3) is 5.91 Å². The topological polar surface area (TPSA) is 49.7 Å². The Bertz CT molecular complexity index is 1300. The largest absolute Gasteiger partial charge is 0.284 e. The van der Waals surface area contributed by atoms with Crippen LogP contribution in [0.4, 0.5) is 11.4 Å². The summed E-state index contributed by atoms with van der Waals surface area (Å²) in [6, 6.07) is 34.1. The third-order valence-electron chi connectivity index (χ3n) is 5.81. The van der Waals surface area contributed by atoms with E-state index in [-0.39, 0.29) is 11.6 Å². The number of imide groups is 1. The van der Waals surface area contributed by atoms with Crippen LogP contribution in [-0.4, -0.2) is 17.5 Å². The molecule has 4 heteroatoms. The number of hydrogen-bond acceptors (Lipinski definition) is 3. The summed E-state index contributed by atoms with van der Waals surface area (Å²) in [6.07, 6.45) is 0. The fraction of sp³-hybridized carbons (Fsp3) is 0.0690. The average Bonchev–Trinajstić information content (AvgIpc) is 3.13. The Balaban J connectivity index is 1.61. The van der Waals surface area contributed by atoms with Crippen molar-refractivity contribution in [3.63, 3.8) is 0 Å². The van der Waals surface area contributed by atoms with Gasteiger partial charge < -0.3 is 0 Å². The molecule has 0 unspecified atom stereocenters. The first kappa shape index (κ1) is 20.6. The van der Waals surface area contributed by atoms with E-state index in [0.717, 1.165) is 16.7 Å². The summed E-state index contributed by atoms with van der Waals surface area (Å²) in [5.74, 6) is -1.30. The number of carbonyl (C=O) groups is 2. The lowest BCUT2D eigenvalue weighted by molar-refractivity contribution is -0.123. The highest BCUT2D eigenvalue weighted by Gasteiger charge is 2.41. The van der Waals surface area contributed by atoms with Crippen LogP contribution in [0.25, 0.3) is 0 Å². The molecule has 5 rings (SSSR count). The summed E-state index contributed by atoms with van der Waals surface area (Å²) in [6.45, 7) is 2.00. The first-order valence-electron chi connectivity index (χ1n) is 10.9. The molecular weight excluding hydrogens is 408 g/mol. The Morgan fingerprint density at radius 1 is 0.727 bits per heavy atom. The van der Waals surface area contributed by atoms with Crippen molar-refractivity contribution in [2.45, 2.75) is 12.8 Å². The number of hydrogen-bond donors (Lipinski definition) is 0. The summed E-state index contributed by atoms with van der Waals surface area (Å²) in [5.41, 5.74) is 4.97. The number of fused-ring (bicyclic) bond motifs is 1. The molecule has 4 aromatic carbocycles. The van der Waals surface area contributed by atoms with Crippen molar-refractivity contribution < 1.29 is 9.59 Å². The van der Waals surface area contributed by atoms with E-state index in [4.69, 9.17) is 0 Å². The van der Waals surface area contributed by atoms with Crippen LogP contribution >= 0.6 is 0 Å². The highest BCUT2D eigenvalue weighted by atomic mass is 16.2. The number of amides is 2. The highest BCUT2D eigenvalue weighted by molar-refractivity contribution is 6.58. The van der Waals surface area contributed by atoms with Gasteiger partial charge in [0.2, 0.25) is 5.91 Å². The van der Waals surface area contributed by atoms with E-state index in [1.54, 1.807) is 6.07 Å². The molecule has 0 spiro atoms. The predicted molar refractivity (Wildman–Crippen MR) is 131 cm³/mol. The number of rotatable bonds is 4. The molecule has 1 aliphatic heterocycles. The van der Waals surface area contributed by atoms with E-state index >= 15 is 0 Å². The molecule has 4 nitrogen and oxygen atoms in total. The van der Waals surface area contributed by atoms with Crippen LogP contribution in [0, 0.1) is 6.92 Å². The van der Waals surface area contributed by atoms with E-state index in [1.807, 2.05) is 110 Å². The molecule has 0 saturated carbocycles. The van der Waals surface area contributed by atoms with E-state index < -0.39 is 11.8 Å². The van der Waals surface area contributed by atoms with Crippen LogP contribution < -0.4 is 4.90 Å². The molecule has 2 amide bonds. The maximum atomic E-state index is 14.0. The zero-order chi connectivity index (χ0) is 22.8. The maximum absolute atomic E-state index is 14.0. The van der Waals surface area contributed by atoms with Crippen LogP contribution in [0.15, 0.2) is 114 Å². The second-order valence-electron chi connectivity index (χ2n) is 8.05. The molecule has 1 aliphatic rings. The van der Waals surface area contributed by atoms with Gasteiger partial charge in [0.05, 0.1) is 17.3 Å². The monoisotopic (exact) mass is 430 g/mol. The van der Waals surface area contributed by atoms with E-state index in [0.29, 0.717) is 16.9 Å². The molecule has 0 aliphatic carbocycles. The number of para-hydroxylation sites is 1. The second-order valence-corrected chi connectivity index (χ2v) is 8.05. The normalized spacial score (nSPS) is 14.1. The lowest BCUT2D eigenvalue weighted by Crippen LogP contribution is -2.39. The van der Waals surface area contributed by atoms with E-state index in [1.165, 1.54) is 4.90 Å². The van der Waals surface area contributed by atoms with E-state index in [2.05, 4.69) is 4.99 Å². The minimum absolute atomic E-state index is 0.280. The van der Waals surface area contributed by atoms with Crippen molar-refractivity contribution in [2.24, 2.45) is 4.99 Å². The SMILES string of the molecule is Cc1ccc(N=C2C(=O)N(C(=O)C(c3ccccc3)c3ccccc3)c3ccccc32)cc1. The summed E-state index contributed by atoms with van der Waals surface area (Å²) in [5, 5.41) is 0. The number of nitrogens with zero attached hydrogens (tertiary/aromatic N) is 2. The minimum atomic E-state index is -0.608. The van der Waals surface area contributed by atoms with Gasteiger partial charge in [-0.15, -0.1) is 0 Å². The molecule has 0 fully saturated rings. The van der Waals surface area contributed by atoms with Gasteiger partial charge in [0.1, 0.15) is 5.71 Å². The van der Waals surface area contributed by atoms with Gasteiger partial charge in [-0.05, 0) is 36.2 Å². The van der Waals surface area contributed by atoms with Crippen LogP contribution in [0.2, 0.25) is 0 Å². The molecule has 0 N–H and O–H groups in total. The Kier molecular flexibility index (Phi) is 5.41. The van der Waals surface area contributed by atoms with Gasteiger partial charge in [0.15, 0.2) is 0 Å². The van der Waals surface area contributed by atoms with Crippen molar-refractivity contribution >= 4 is 28.9 Å². The smallest absolute Gasteiger partial charge is 0.273 e. The standard InChI is InChI=1S/C29H22N2O2/c1-20-16-18-23(19-17-20)30-27-24-14-8-9-15-25(24)31(29(27)33)28(32)26(21-10-4-2-5-11-21)22-12-6-3-7-13-22/h2-19,26H,1H3. The fourth-order valence-electron chi connectivity index (χ4n) is 4.17. The summed E-state index contributed by atoms with van der Waals surface area (Å²) < 4.78 is 0. The summed E-state index contributed by atoms with van der Waals surface area (Å²) in [4.78, 5) is 33.5. The molecule has 1 heterocycles. The molecule has 0 saturated heterocycles. The van der Waals surface area contributed by atoms with Gasteiger partial charge in [-0.25, -0.2) is 9.89 Å². The van der Waals surface area contributed by atoms with Crippen LogP contribution in [0.1, 0.15) is 28.2 Å². The molecule has 33 heavy (non-hydrogen) atoms. The van der Waals surface area contributed by atoms with Crippen molar-refractivity contribution in [2.75, 3.05) is 4.90 Å². The molecule has 0 bridgehead atoms. The van der Waals surface area contributed by atoms with Crippen LogP contribution in [0.3, 0.4) is 0 Å². The molecular formula is C29H22N2O2. The van der Waals surface area contributed by atoms with Gasteiger partial charge in [-0.2, -0.15) is 0 Å². The number of aryl methyl sites for hydroxylation is 1. The second kappa shape index (κ2) is 8.67. The van der Waals surface area contributed by atoms with Crippen LogP contribution in [0.5, 0.6) is 0 Å². The maximum Gasteiger partial charge on any atom is 0.284 e. The first-order chi connectivity index (χ1) is 16.1. The quantitative estimate of drug-likeness (QED) is 0.410. The van der Waals surface area contributed by atoms with Crippen molar-refractivity contribution in [1.29, 1.82) is 0 Å². The Labute approximate surface area is 192 Å². The molecule has 160 valence electrons. The predicted octanol–water partition coefficient (Wildman–Crippen LogP) is 5.82. The zero-order valence-electron chi connectivity index (χ0n) is 18.2. The van der Waals surface area contributed by atoms with E-state index in [9.17, 15) is 9.59 Å². The highest BCUT2D eigenvalue weighted by Crippen LogP contribution is 2.35. The third-order valence-corrected chi connectivity index (χ3v) is 5.81. The lowest BCUT2D eigenvalue weighted by Gasteiger charge is -2.23. The minimum Gasteiger partial charge on any atom is -0.273 e. The Morgan fingerprint density at radius 2 is 1.27 bits per heavy atom. The molecule has 0 atom stereocenters. The van der Waals surface area contributed by atoms with Crippen molar-refractivity contribution in [3.8, 4) is 0 Å². The van der Waals surface area contributed by atoms with Gasteiger partial charge >= 0.3 is 0 Å². The van der Waals surface area contributed by atoms with Gasteiger partial charge in [-0.3, -0.25) is 9.59 Å². The Hall–Kier alpha value is -4.31. The molecule has 0 radical (unpaired) electrons. The number of benzene rings is 4. The van der Waals surface area contributed by atoms with Crippen LogP contribution in [-0.2, 0) is 9.59 Å². The third kappa shape index (κ3) is 3.87. The summed E-state index contributed by atoms with van der Waals surface area (Å²) >= 11 is 0. The zero-order valence-corrected chi connectivity index (χ0v) is 18.2. The number of anilines is 1. The van der Waals surface area contributed by atoms with Gasteiger partial charge in [0, 0.05) is 5.56 Å². The number of aliphatic imine (C=N–C) groups is 1. The number of carbonyl (C=O) groups excluding carboxylic acids is 2. The molecule has 4 aromatic rings. The van der Waals surface area contributed by atoms with Crippen molar-refractivity contribution in [3.05, 3.63) is 131 Å². The summed E-state index contributed by atoms with van der Waals surface area (Å²) in [7, 11) is 0. The average molecular weight is 431 g/mol. The van der Waals surface area contributed by atoms with Gasteiger partial charge in [-0.1, -0.05) is 96.6 Å². The first-order valence-corrected chi connectivity index (χ1v) is 10.9. The lowest BCUT2D eigenvalue weighted by atomic mass is 9.90. The Morgan fingerprint density at radius 3 is 1.88 bits per heavy atom. The fourth-order valence-corrected chi connectivity index (χ4v) is 4.17.